The predicted molar refractivity (Wildman–Crippen MR) is 69.2 cm³/mol. The number of carbonyl (C=O) groups is 1. The molecule has 0 aliphatic heterocycles. The van der Waals surface area contributed by atoms with Gasteiger partial charge >= 0.3 is 0 Å². The van der Waals surface area contributed by atoms with Crippen LogP contribution in [0.2, 0.25) is 4.34 Å². The molecule has 0 bridgehead atoms. The summed E-state index contributed by atoms with van der Waals surface area (Å²) in [6, 6.07) is 0. The summed E-state index contributed by atoms with van der Waals surface area (Å²) < 4.78 is 4.39. The second-order valence-electron chi connectivity index (χ2n) is 3.99. The normalized spacial score (nSPS) is 10.9. The average molecular weight is 277 g/mol. The van der Waals surface area contributed by atoms with Crippen LogP contribution in [0.15, 0.2) is 0 Å². The summed E-state index contributed by atoms with van der Waals surface area (Å²) >= 11 is 7.13. The van der Waals surface area contributed by atoms with Crippen molar-refractivity contribution in [3.05, 3.63) is 10.0 Å². The molecular weight excluding hydrogens is 260 g/mol. The van der Waals surface area contributed by atoms with Crippen LogP contribution in [0.1, 0.15) is 19.0 Å². The molecule has 0 saturated heterocycles. The van der Waals surface area contributed by atoms with Crippen LogP contribution in [0, 0.1) is 0 Å². The lowest BCUT2D eigenvalue weighted by Crippen LogP contribution is -2.36. The summed E-state index contributed by atoms with van der Waals surface area (Å²) in [6.45, 7) is 3.87. The van der Waals surface area contributed by atoms with E-state index in [9.17, 15) is 4.79 Å². The minimum Gasteiger partial charge on any atom is -0.348 e. The van der Waals surface area contributed by atoms with Crippen molar-refractivity contribution in [2.75, 3.05) is 27.2 Å². The first kappa shape index (κ1) is 14.3. The number of halogens is 1. The number of likely N-dealkylation sites (N-methyl/N-ethyl adjacent to an activating group) is 1. The first-order valence-electron chi connectivity index (χ1n) is 5.43. The van der Waals surface area contributed by atoms with Crippen molar-refractivity contribution in [2.24, 2.45) is 0 Å². The van der Waals surface area contributed by atoms with Crippen LogP contribution in [-0.2, 0) is 11.3 Å². The van der Waals surface area contributed by atoms with Gasteiger partial charge in [0.1, 0.15) is 10.0 Å². The van der Waals surface area contributed by atoms with Crippen LogP contribution in [0.5, 0.6) is 0 Å². The Morgan fingerprint density at radius 3 is 2.65 bits per heavy atom. The molecule has 0 aliphatic rings. The van der Waals surface area contributed by atoms with E-state index in [1.54, 1.807) is 19.0 Å². The average Bonchev–Trinajstić information content (AvgIpc) is 2.64. The molecule has 1 aromatic heterocycles. The number of aromatic nitrogens is 2. The van der Waals surface area contributed by atoms with Gasteiger partial charge in [-0.3, -0.25) is 9.69 Å². The lowest BCUT2D eigenvalue weighted by molar-refractivity contribution is -0.130. The molecule has 0 saturated carbocycles. The molecule has 0 radical (unpaired) electrons. The van der Waals surface area contributed by atoms with Gasteiger partial charge in [0.05, 0.1) is 6.54 Å². The molecule has 1 amide bonds. The van der Waals surface area contributed by atoms with E-state index in [1.807, 2.05) is 4.90 Å². The summed E-state index contributed by atoms with van der Waals surface area (Å²) in [6.07, 6.45) is 0.982. The maximum atomic E-state index is 11.7. The fourth-order valence-electron chi connectivity index (χ4n) is 1.37. The summed E-state index contributed by atoms with van der Waals surface area (Å²) in [5.41, 5.74) is 0.747. The van der Waals surface area contributed by atoms with Gasteiger partial charge in [-0.05, 0) is 13.0 Å². The molecule has 0 unspecified atom stereocenters. The van der Waals surface area contributed by atoms with Crippen LogP contribution >= 0.6 is 23.1 Å². The SMILES string of the molecule is CCCN(CC(=O)N(C)C)Cc1nnsc1Cl. The van der Waals surface area contributed by atoms with Crippen molar-refractivity contribution in [3.63, 3.8) is 0 Å². The summed E-state index contributed by atoms with van der Waals surface area (Å²) in [5, 5.41) is 3.96. The van der Waals surface area contributed by atoms with Crippen molar-refractivity contribution in [1.82, 2.24) is 19.4 Å². The second-order valence-corrected chi connectivity index (χ2v) is 5.35. The Kier molecular flexibility index (Phi) is 5.80. The maximum absolute atomic E-state index is 11.7. The van der Waals surface area contributed by atoms with Crippen LogP contribution < -0.4 is 0 Å². The number of hydrogen-bond acceptors (Lipinski definition) is 5. The van der Waals surface area contributed by atoms with Crippen LogP contribution in [0.25, 0.3) is 0 Å². The van der Waals surface area contributed by atoms with Gasteiger partial charge in [0.15, 0.2) is 0 Å². The summed E-state index contributed by atoms with van der Waals surface area (Å²) in [5.74, 6) is 0.0813. The molecule has 0 atom stereocenters. The number of nitrogens with zero attached hydrogens (tertiary/aromatic N) is 4. The van der Waals surface area contributed by atoms with E-state index >= 15 is 0 Å². The predicted octanol–water partition coefficient (Wildman–Crippen LogP) is 1.49. The molecule has 1 rings (SSSR count). The molecule has 0 fully saturated rings. The van der Waals surface area contributed by atoms with Crippen molar-refractivity contribution < 1.29 is 4.79 Å². The molecule has 17 heavy (non-hydrogen) atoms. The van der Waals surface area contributed by atoms with Gasteiger partial charge < -0.3 is 4.90 Å². The topological polar surface area (TPSA) is 49.3 Å². The molecule has 0 N–H and O–H groups in total. The fraction of sp³-hybridized carbons (Fsp3) is 0.700. The smallest absolute Gasteiger partial charge is 0.236 e. The van der Waals surface area contributed by atoms with Crippen LogP contribution in [0.3, 0.4) is 0 Å². The Hall–Kier alpha value is -0.720. The highest BCUT2D eigenvalue weighted by Gasteiger charge is 2.15. The van der Waals surface area contributed by atoms with Gasteiger partial charge in [0, 0.05) is 32.2 Å². The van der Waals surface area contributed by atoms with E-state index in [1.165, 1.54) is 11.5 Å². The number of carbonyl (C=O) groups excluding carboxylic acids is 1. The Bertz CT molecular complexity index is 369. The lowest BCUT2D eigenvalue weighted by Gasteiger charge is -2.21. The number of hydrogen-bond donors (Lipinski definition) is 0. The Labute approximate surface area is 111 Å². The molecule has 1 heterocycles. The van der Waals surface area contributed by atoms with Gasteiger partial charge in [-0.1, -0.05) is 23.0 Å². The van der Waals surface area contributed by atoms with Gasteiger partial charge in [0.2, 0.25) is 5.91 Å². The highest BCUT2D eigenvalue weighted by molar-refractivity contribution is 7.10. The third kappa shape index (κ3) is 4.57. The molecule has 5 nitrogen and oxygen atoms in total. The molecule has 96 valence electrons. The molecule has 1 aromatic rings. The third-order valence-corrected chi connectivity index (χ3v) is 3.26. The van der Waals surface area contributed by atoms with Crippen LogP contribution in [0.4, 0.5) is 0 Å². The monoisotopic (exact) mass is 276 g/mol. The van der Waals surface area contributed by atoms with Crippen LogP contribution in [-0.4, -0.2) is 52.5 Å². The van der Waals surface area contributed by atoms with E-state index in [0.717, 1.165) is 18.7 Å². The molecule has 0 aliphatic carbocycles. The third-order valence-electron chi connectivity index (χ3n) is 2.28. The standard InChI is InChI=1S/C10H17ClN4OS/c1-4-5-15(7-9(16)14(2)3)6-8-10(11)17-13-12-8/h4-7H2,1-3H3. The van der Waals surface area contributed by atoms with Crippen molar-refractivity contribution >= 4 is 29.0 Å². The molecule has 0 spiro atoms. The summed E-state index contributed by atoms with van der Waals surface area (Å²) in [4.78, 5) is 15.3. The first-order valence-corrected chi connectivity index (χ1v) is 6.59. The quantitative estimate of drug-likeness (QED) is 0.790. The lowest BCUT2D eigenvalue weighted by atomic mass is 10.3. The van der Waals surface area contributed by atoms with Crippen molar-refractivity contribution in [2.45, 2.75) is 19.9 Å². The minimum absolute atomic E-state index is 0.0813. The first-order chi connectivity index (χ1) is 8.04. The van der Waals surface area contributed by atoms with Crippen molar-refractivity contribution in [1.29, 1.82) is 0 Å². The van der Waals surface area contributed by atoms with E-state index < -0.39 is 0 Å². The zero-order chi connectivity index (χ0) is 12.8. The Morgan fingerprint density at radius 1 is 1.47 bits per heavy atom. The maximum Gasteiger partial charge on any atom is 0.236 e. The highest BCUT2D eigenvalue weighted by atomic mass is 35.5. The number of rotatable bonds is 6. The molecule has 0 aromatic carbocycles. The zero-order valence-corrected chi connectivity index (χ0v) is 11.9. The zero-order valence-electron chi connectivity index (χ0n) is 10.3. The Balaban J connectivity index is 2.60. The largest absolute Gasteiger partial charge is 0.348 e. The Morgan fingerprint density at radius 2 is 2.18 bits per heavy atom. The van der Waals surface area contributed by atoms with E-state index in [-0.39, 0.29) is 5.91 Å². The fourth-order valence-corrected chi connectivity index (χ4v) is 1.98. The minimum atomic E-state index is 0.0813. The van der Waals surface area contributed by atoms with Gasteiger partial charge in [0.25, 0.3) is 0 Å². The van der Waals surface area contributed by atoms with E-state index in [2.05, 4.69) is 16.5 Å². The highest BCUT2D eigenvalue weighted by Crippen LogP contribution is 2.18. The van der Waals surface area contributed by atoms with Gasteiger partial charge in [-0.15, -0.1) is 5.10 Å². The van der Waals surface area contributed by atoms with Crippen molar-refractivity contribution in [3.8, 4) is 0 Å². The van der Waals surface area contributed by atoms with Gasteiger partial charge in [-0.2, -0.15) is 0 Å². The second kappa shape index (κ2) is 6.88. The number of amides is 1. The van der Waals surface area contributed by atoms with Gasteiger partial charge in [-0.25, -0.2) is 0 Å². The van der Waals surface area contributed by atoms with E-state index in [4.69, 9.17) is 11.6 Å². The molecular formula is C10H17ClN4OS. The summed E-state index contributed by atoms with van der Waals surface area (Å²) in [7, 11) is 3.51. The molecule has 7 heteroatoms. The van der Waals surface area contributed by atoms with E-state index in [0.29, 0.717) is 17.4 Å².